The normalized spacial score (nSPS) is 20.6. The Hall–Kier alpha value is -2.85. The SMILES string of the molecule is CC(OCCN1CCN(C(=O)C2CSC(c3cccnc3)N2)CC1)(c1ccc(F)cc1)c1ccc(F)cc1. The Labute approximate surface area is 226 Å². The number of pyridine rings is 1. The molecule has 0 aliphatic carbocycles. The predicted octanol–water partition coefficient (Wildman–Crippen LogP) is 4.19. The summed E-state index contributed by atoms with van der Waals surface area (Å²) in [7, 11) is 0. The number of carbonyl (C=O) groups excluding carboxylic acids is 1. The highest BCUT2D eigenvalue weighted by molar-refractivity contribution is 7.99. The van der Waals surface area contributed by atoms with E-state index in [2.05, 4.69) is 15.2 Å². The first-order chi connectivity index (χ1) is 18.4. The van der Waals surface area contributed by atoms with Gasteiger partial charge in [0.2, 0.25) is 5.91 Å². The number of amides is 1. The highest BCUT2D eigenvalue weighted by atomic mass is 32.2. The number of carbonyl (C=O) groups is 1. The zero-order valence-corrected chi connectivity index (χ0v) is 22.2. The van der Waals surface area contributed by atoms with E-state index in [0.29, 0.717) is 26.2 Å². The summed E-state index contributed by atoms with van der Waals surface area (Å²) in [5.74, 6) is 0.265. The topological polar surface area (TPSA) is 57.7 Å². The molecule has 2 aliphatic heterocycles. The third-order valence-electron chi connectivity index (χ3n) is 7.34. The maximum Gasteiger partial charge on any atom is 0.240 e. The Morgan fingerprint density at radius 2 is 1.66 bits per heavy atom. The zero-order valence-electron chi connectivity index (χ0n) is 21.4. The van der Waals surface area contributed by atoms with Crippen LogP contribution in [0.5, 0.6) is 0 Å². The van der Waals surface area contributed by atoms with Crippen molar-refractivity contribution in [3.8, 4) is 0 Å². The van der Waals surface area contributed by atoms with E-state index in [4.69, 9.17) is 4.74 Å². The summed E-state index contributed by atoms with van der Waals surface area (Å²) in [6.45, 7) is 5.94. The molecular weight excluding hydrogens is 506 g/mol. The lowest BCUT2D eigenvalue weighted by molar-refractivity contribution is -0.134. The molecule has 200 valence electrons. The smallest absolute Gasteiger partial charge is 0.240 e. The molecule has 2 saturated heterocycles. The van der Waals surface area contributed by atoms with E-state index in [1.807, 2.05) is 30.2 Å². The molecule has 0 spiro atoms. The Morgan fingerprint density at radius 3 is 2.24 bits per heavy atom. The number of piperazine rings is 1. The summed E-state index contributed by atoms with van der Waals surface area (Å²) in [4.78, 5) is 21.5. The summed E-state index contributed by atoms with van der Waals surface area (Å²) < 4.78 is 33.6. The van der Waals surface area contributed by atoms with Crippen LogP contribution in [0.25, 0.3) is 0 Å². The number of aromatic nitrogens is 1. The van der Waals surface area contributed by atoms with Gasteiger partial charge in [-0.3, -0.25) is 20.0 Å². The first-order valence-electron chi connectivity index (χ1n) is 12.9. The fourth-order valence-corrected chi connectivity index (χ4v) is 6.21. The van der Waals surface area contributed by atoms with Crippen LogP contribution < -0.4 is 5.32 Å². The lowest BCUT2D eigenvalue weighted by Crippen LogP contribution is -2.54. The van der Waals surface area contributed by atoms with E-state index >= 15 is 0 Å². The van der Waals surface area contributed by atoms with Crippen molar-refractivity contribution in [2.75, 3.05) is 45.1 Å². The van der Waals surface area contributed by atoms with E-state index in [1.54, 1.807) is 42.2 Å². The monoisotopic (exact) mass is 538 g/mol. The second-order valence-corrected chi connectivity index (χ2v) is 10.9. The molecule has 2 aromatic carbocycles. The number of ether oxygens (including phenoxy) is 1. The van der Waals surface area contributed by atoms with Gasteiger partial charge in [-0.15, -0.1) is 11.8 Å². The minimum atomic E-state index is -0.851. The third-order valence-corrected chi connectivity index (χ3v) is 8.61. The van der Waals surface area contributed by atoms with Gasteiger partial charge in [0, 0.05) is 50.9 Å². The lowest BCUT2D eigenvalue weighted by atomic mass is 9.88. The van der Waals surface area contributed by atoms with Gasteiger partial charge in [0.15, 0.2) is 0 Å². The number of nitrogens with zero attached hydrogens (tertiary/aromatic N) is 3. The summed E-state index contributed by atoms with van der Waals surface area (Å²) in [6, 6.07) is 16.2. The molecule has 2 fully saturated rings. The van der Waals surface area contributed by atoms with Crippen molar-refractivity contribution in [2.24, 2.45) is 0 Å². The number of thioether (sulfide) groups is 1. The molecule has 3 aromatic rings. The standard InChI is InChI=1S/C29H32F2N4O2S/c1-29(22-4-8-24(30)9-5-22,23-6-10-25(31)11-7-23)37-18-17-34-13-15-35(16-14-34)28(36)26-20-38-27(33-26)21-3-2-12-32-19-21/h2-12,19,26-27,33H,13-18,20H2,1H3. The molecule has 0 bridgehead atoms. The Kier molecular flexibility index (Phi) is 8.38. The van der Waals surface area contributed by atoms with Gasteiger partial charge < -0.3 is 9.64 Å². The number of nitrogens with one attached hydrogen (secondary N) is 1. The third kappa shape index (κ3) is 6.07. The highest BCUT2D eigenvalue weighted by Gasteiger charge is 2.35. The van der Waals surface area contributed by atoms with Crippen LogP contribution in [-0.4, -0.2) is 71.8 Å². The molecule has 2 aliphatic rings. The predicted molar refractivity (Wildman–Crippen MR) is 145 cm³/mol. The molecule has 1 aromatic heterocycles. The van der Waals surface area contributed by atoms with Crippen molar-refractivity contribution < 1.29 is 18.3 Å². The van der Waals surface area contributed by atoms with E-state index in [-0.39, 0.29) is 29.0 Å². The Bertz CT molecular complexity index is 1160. The molecule has 2 unspecified atom stereocenters. The van der Waals surface area contributed by atoms with Gasteiger partial charge in [-0.2, -0.15) is 0 Å². The molecule has 9 heteroatoms. The molecule has 3 heterocycles. The summed E-state index contributed by atoms with van der Waals surface area (Å²) in [5, 5.41) is 3.55. The van der Waals surface area contributed by atoms with Gasteiger partial charge in [0.05, 0.1) is 18.0 Å². The van der Waals surface area contributed by atoms with Crippen molar-refractivity contribution in [2.45, 2.75) is 23.9 Å². The number of rotatable bonds is 8. The molecular formula is C29H32F2N4O2S. The van der Waals surface area contributed by atoms with Gasteiger partial charge in [-0.05, 0) is 53.9 Å². The average Bonchev–Trinajstić information content (AvgIpc) is 3.45. The molecule has 38 heavy (non-hydrogen) atoms. The van der Waals surface area contributed by atoms with E-state index in [0.717, 1.165) is 35.5 Å². The molecule has 1 N–H and O–H groups in total. The van der Waals surface area contributed by atoms with E-state index < -0.39 is 5.60 Å². The van der Waals surface area contributed by atoms with Gasteiger partial charge in [0.1, 0.15) is 17.2 Å². The second-order valence-electron chi connectivity index (χ2n) is 9.78. The van der Waals surface area contributed by atoms with Gasteiger partial charge >= 0.3 is 0 Å². The minimum absolute atomic E-state index is 0.0904. The number of hydrogen-bond acceptors (Lipinski definition) is 6. The van der Waals surface area contributed by atoms with Crippen molar-refractivity contribution in [3.63, 3.8) is 0 Å². The summed E-state index contributed by atoms with van der Waals surface area (Å²) in [5.41, 5.74) is 1.83. The molecule has 0 radical (unpaired) electrons. The maximum absolute atomic E-state index is 13.6. The molecule has 6 nitrogen and oxygen atoms in total. The van der Waals surface area contributed by atoms with E-state index in [9.17, 15) is 13.6 Å². The molecule has 0 saturated carbocycles. The average molecular weight is 539 g/mol. The zero-order chi connectivity index (χ0) is 26.5. The van der Waals surface area contributed by atoms with Crippen LogP contribution in [-0.2, 0) is 15.1 Å². The minimum Gasteiger partial charge on any atom is -0.365 e. The Morgan fingerprint density at radius 1 is 1.03 bits per heavy atom. The fraction of sp³-hybridized carbons (Fsp3) is 0.379. The van der Waals surface area contributed by atoms with Crippen LogP contribution in [0, 0.1) is 11.6 Å². The lowest BCUT2D eigenvalue weighted by Gasteiger charge is -2.37. The molecule has 1 amide bonds. The number of hydrogen-bond donors (Lipinski definition) is 1. The van der Waals surface area contributed by atoms with E-state index in [1.165, 1.54) is 24.3 Å². The highest BCUT2D eigenvalue weighted by Crippen LogP contribution is 2.34. The van der Waals surface area contributed by atoms with Crippen molar-refractivity contribution in [1.82, 2.24) is 20.1 Å². The molecule has 2 atom stereocenters. The van der Waals surface area contributed by atoms with Crippen molar-refractivity contribution in [1.29, 1.82) is 0 Å². The Balaban J connectivity index is 1.13. The number of halogens is 2. The fourth-order valence-electron chi connectivity index (χ4n) is 5.00. The van der Waals surface area contributed by atoms with Crippen molar-refractivity contribution >= 4 is 17.7 Å². The first-order valence-corrected chi connectivity index (χ1v) is 13.9. The van der Waals surface area contributed by atoms with Gasteiger partial charge in [-0.1, -0.05) is 30.3 Å². The maximum atomic E-state index is 13.6. The van der Waals surface area contributed by atoms with Crippen LogP contribution >= 0.6 is 11.8 Å². The van der Waals surface area contributed by atoms with Crippen LogP contribution in [0.15, 0.2) is 73.1 Å². The van der Waals surface area contributed by atoms with Gasteiger partial charge in [0.25, 0.3) is 0 Å². The second kappa shape index (κ2) is 11.9. The quantitative estimate of drug-likeness (QED) is 0.464. The van der Waals surface area contributed by atoms with Crippen LogP contribution in [0.1, 0.15) is 29.0 Å². The summed E-state index contributed by atoms with van der Waals surface area (Å²) in [6.07, 6.45) is 3.60. The van der Waals surface area contributed by atoms with Crippen molar-refractivity contribution in [3.05, 3.63) is 101 Å². The van der Waals surface area contributed by atoms with Crippen LogP contribution in [0.2, 0.25) is 0 Å². The van der Waals surface area contributed by atoms with Crippen LogP contribution in [0.3, 0.4) is 0 Å². The van der Waals surface area contributed by atoms with Crippen LogP contribution in [0.4, 0.5) is 8.78 Å². The summed E-state index contributed by atoms with van der Waals surface area (Å²) >= 11 is 1.74. The number of benzene rings is 2. The molecule has 5 rings (SSSR count). The van der Waals surface area contributed by atoms with Gasteiger partial charge in [-0.25, -0.2) is 8.78 Å². The largest absolute Gasteiger partial charge is 0.365 e. The first kappa shape index (κ1) is 26.7.